The number of rotatable bonds is 4. The van der Waals surface area contributed by atoms with Crippen LogP contribution in [0.15, 0.2) is 52.6 Å². The van der Waals surface area contributed by atoms with E-state index in [2.05, 4.69) is 11.1 Å². The number of aryl methyl sites for hydroxylation is 1. The summed E-state index contributed by atoms with van der Waals surface area (Å²) in [6, 6.07) is 14.1. The van der Waals surface area contributed by atoms with Gasteiger partial charge in [0.2, 0.25) is 0 Å². The SMILES string of the molecule is CCc1nc2scc(-c3ccc4ccccc4c3)c2c(=O)n1C(C)(C)C(=O)O. The fourth-order valence-corrected chi connectivity index (χ4v) is 4.47. The summed E-state index contributed by atoms with van der Waals surface area (Å²) in [6.07, 6.45) is 0.477. The number of hydrogen-bond acceptors (Lipinski definition) is 4. The van der Waals surface area contributed by atoms with E-state index in [1.165, 1.54) is 29.8 Å². The highest BCUT2D eigenvalue weighted by atomic mass is 32.1. The summed E-state index contributed by atoms with van der Waals surface area (Å²) in [6.45, 7) is 4.94. The third-order valence-electron chi connectivity index (χ3n) is 5.14. The fraction of sp³-hybridized carbons (Fsp3) is 0.227. The normalized spacial score (nSPS) is 12.0. The molecule has 2 aromatic carbocycles. The van der Waals surface area contributed by atoms with Crippen LogP contribution < -0.4 is 5.56 Å². The molecule has 6 heteroatoms. The molecule has 2 aromatic heterocycles. The van der Waals surface area contributed by atoms with Gasteiger partial charge in [-0.15, -0.1) is 11.3 Å². The Labute approximate surface area is 165 Å². The van der Waals surface area contributed by atoms with E-state index in [9.17, 15) is 14.7 Å². The number of hydrogen-bond donors (Lipinski definition) is 1. The minimum atomic E-state index is -1.38. The van der Waals surface area contributed by atoms with E-state index in [0.29, 0.717) is 22.5 Å². The summed E-state index contributed by atoms with van der Waals surface area (Å²) in [5.41, 5.74) is 0.0268. The van der Waals surface area contributed by atoms with Crippen molar-refractivity contribution in [2.75, 3.05) is 0 Å². The molecule has 0 saturated carbocycles. The maximum absolute atomic E-state index is 13.4. The van der Waals surface area contributed by atoms with Gasteiger partial charge < -0.3 is 5.11 Å². The van der Waals surface area contributed by atoms with Crippen molar-refractivity contribution in [1.82, 2.24) is 9.55 Å². The predicted octanol–water partition coefficient (Wildman–Crippen LogP) is 4.66. The smallest absolute Gasteiger partial charge is 0.329 e. The lowest BCUT2D eigenvalue weighted by Crippen LogP contribution is -2.44. The molecule has 0 aliphatic carbocycles. The molecule has 5 nitrogen and oxygen atoms in total. The highest BCUT2D eigenvalue weighted by molar-refractivity contribution is 7.17. The molecule has 142 valence electrons. The number of carboxylic acids is 1. The molecule has 0 fully saturated rings. The number of thiophene rings is 1. The van der Waals surface area contributed by atoms with Crippen molar-refractivity contribution < 1.29 is 9.90 Å². The van der Waals surface area contributed by atoms with Gasteiger partial charge in [0, 0.05) is 17.4 Å². The zero-order valence-electron chi connectivity index (χ0n) is 15.9. The molecule has 0 atom stereocenters. The van der Waals surface area contributed by atoms with Crippen LogP contribution in [0.1, 0.15) is 26.6 Å². The van der Waals surface area contributed by atoms with Crippen LogP contribution in [0.4, 0.5) is 0 Å². The Bertz CT molecular complexity index is 1280. The topological polar surface area (TPSA) is 72.2 Å². The minimum Gasteiger partial charge on any atom is -0.480 e. The highest BCUT2D eigenvalue weighted by Gasteiger charge is 2.34. The van der Waals surface area contributed by atoms with Crippen LogP contribution in [0, 0.1) is 0 Å². The lowest BCUT2D eigenvalue weighted by atomic mass is 10.0. The van der Waals surface area contributed by atoms with E-state index in [4.69, 9.17) is 0 Å². The van der Waals surface area contributed by atoms with Crippen LogP contribution in [-0.2, 0) is 16.8 Å². The minimum absolute atomic E-state index is 0.307. The molecule has 4 aromatic rings. The van der Waals surface area contributed by atoms with Gasteiger partial charge in [0.05, 0.1) is 5.39 Å². The fourth-order valence-electron chi connectivity index (χ4n) is 3.51. The van der Waals surface area contributed by atoms with Crippen LogP contribution in [0.25, 0.3) is 32.1 Å². The van der Waals surface area contributed by atoms with Crippen LogP contribution in [0.5, 0.6) is 0 Å². The molecule has 2 heterocycles. The molecule has 0 aliphatic heterocycles. The number of nitrogens with zero attached hydrogens (tertiary/aromatic N) is 2. The van der Waals surface area contributed by atoms with Crippen molar-refractivity contribution in [3.05, 3.63) is 64.0 Å². The number of carbonyl (C=O) groups is 1. The van der Waals surface area contributed by atoms with Crippen LogP contribution in [0.3, 0.4) is 0 Å². The van der Waals surface area contributed by atoms with Gasteiger partial charge in [-0.1, -0.05) is 43.3 Å². The van der Waals surface area contributed by atoms with Crippen LogP contribution in [0.2, 0.25) is 0 Å². The third kappa shape index (κ3) is 2.72. The highest BCUT2D eigenvalue weighted by Crippen LogP contribution is 2.33. The van der Waals surface area contributed by atoms with Gasteiger partial charge in [0.25, 0.3) is 5.56 Å². The van der Waals surface area contributed by atoms with Crippen molar-refractivity contribution in [1.29, 1.82) is 0 Å². The molecule has 0 aliphatic rings. The summed E-state index contributed by atoms with van der Waals surface area (Å²) in [4.78, 5) is 30.5. The average molecular weight is 392 g/mol. The zero-order valence-corrected chi connectivity index (χ0v) is 16.7. The second kappa shape index (κ2) is 6.56. The summed E-state index contributed by atoms with van der Waals surface area (Å²) in [7, 11) is 0. The van der Waals surface area contributed by atoms with E-state index in [1.54, 1.807) is 0 Å². The Morgan fingerprint density at radius 3 is 2.57 bits per heavy atom. The molecule has 0 amide bonds. The maximum Gasteiger partial charge on any atom is 0.329 e. The third-order valence-corrected chi connectivity index (χ3v) is 6.01. The Morgan fingerprint density at radius 2 is 1.89 bits per heavy atom. The van der Waals surface area contributed by atoms with E-state index < -0.39 is 11.5 Å². The lowest BCUT2D eigenvalue weighted by molar-refractivity contribution is -0.146. The summed E-state index contributed by atoms with van der Waals surface area (Å²) < 4.78 is 1.33. The first-order valence-corrected chi connectivity index (χ1v) is 9.98. The van der Waals surface area contributed by atoms with E-state index in [0.717, 1.165) is 21.9 Å². The molecule has 0 spiro atoms. The van der Waals surface area contributed by atoms with Gasteiger partial charge >= 0.3 is 5.97 Å². The van der Waals surface area contributed by atoms with Gasteiger partial charge in [-0.2, -0.15) is 0 Å². The first kappa shape index (κ1) is 18.4. The Kier molecular flexibility index (Phi) is 4.31. The number of carboxylic acid groups (broad SMARTS) is 1. The molecular formula is C22H20N2O3S. The van der Waals surface area contributed by atoms with E-state index >= 15 is 0 Å². The van der Waals surface area contributed by atoms with Crippen molar-refractivity contribution in [2.24, 2.45) is 0 Å². The van der Waals surface area contributed by atoms with Gasteiger partial charge in [-0.3, -0.25) is 9.36 Å². The average Bonchev–Trinajstić information content (AvgIpc) is 3.11. The molecule has 0 unspecified atom stereocenters. The Balaban J connectivity index is 2.03. The van der Waals surface area contributed by atoms with Gasteiger partial charge in [-0.25, -0.2) is 9.78 Å². The number of benzene rings is 2. The lowest BCUT2D eigenvalue weighted by Gasteiger charge is -2.25. The monoisotopic (exact) mass is 392 g/mol. The standard InChI is InChI=1S/C22H20N2O3S/c1-4-17-23-19-18(20(25)24(17)22(2,3)21(26)27)16(12-28-19)15-10-9-13-7-5-6-8-14(13)11-15/h5-12H,4H2,1-3H3,(H,26,27). The van der Waals surface area contributed by atoms with Crippen molar-refractivity contribution in [3.8, 4) is 11.1 Å². The molecule has 0 saturated heterocycles. The van der Waals surface area contributed by atoms with Gasteiger partial charge in [0.15, 0.2) is 0 Å². The van der Waals surface area contributed by atoms with Crippen LogP contribution >= 0.6 is 11.3 Å². The van der Waals surface area contributed by atoms with E-state index in [-0.39, 0.29) is 5.56 Å². The quantitative estimate of drug-likeness (QED) is 0.548. The Morgan fingerprint density at radius 1 is 1.18 bits per heavy atom. The second-order valence-corrected chi connectivity index (χ2v) is 8.14. The summed E-state index contributed by atoms with van der Waals surface area (Å²) in [5.74, 6) is -0.579. The number of aromatic nitrogens is 2. The summed E-state index contributed by atoms with van der Waals surface area (Å²) >= 11 is 1.41. The molecule has 28 heavy (non-hydrogen) atoms. The molecular weight excluding hydrogens is 372 g/mol. The molecule has 1 N–H and O–H groups in total. The van der Waals surface area contributed by atoms with Crippen LogP contribution in [-0.4, -0.2) is 20.6 Å². The molecule has 4 rings (SSSR count). The zero-order chi connectivity index (χ0) is 20.1. The maximum atomic E-state index is 13.4. The first-order chi connectivity index (χ1) is 13.3. The van der Waals surface area contributed by atoms with Gasteiger partial charge in [-0.05, 0) is 36.2 Å². The van der Waals surface area contributed by atoms with Gasteiger partial charge in [0.1, 0.15) is 16.2 Å². The number of aliphatic carboxylic acids is 1. The summed E-state index contributed by atoms with van der Waals surface area (Å²) in [5, 5.41) is 14.3. The number of fused-ring (bicyclic) bond motifs is 2. The largest absolute Gasteiger partial charge is 0.480 e. The second-order valence-electron chi connectivity index (χ2n) is 7.28. The van der Waals surface area contributed by atoms with Crippen molar-refractivity contribution in [2.45, 2.75) is 32.7 Å². The first-order valence-electron chi connectivity index (χ1n) is 9.10. The molecule has 0 bridgehead atoms. The van der Waals surface area contributed by atoms with E-state index in [1.807, 2.05) is 48.7 Å². The van der Waals surface area contributed by atoms with Crippen molar-refractivity contribution in [3.63, 3.8) is 0 Å². The predicted molar refractivity (Wildman–Crippen MR) is 113 cm³/mol. The molecule has 0 radical (unpaired) electrons. The van der Waals surface area contributed by atoms with Crippen molar-refractivity contribution >= 4 is 38.3 Å². The Hall–Kier alpha value is -2.99.